The Hall–Kier alpha value is -0.860. The summed E-state index contributed by atoms with van der Waals surface area (Å²) in [6.45, 7) is 3.28. The molecule has 1 aromatic carbocycles. The average molecular weight is 273 g/mol. The number of ether oxygens (including phenoxy) is 1. The molecule has 1 spiro atoms. The molecule has 1 N–H and O–H groups in total. The first-order valence-corrected chi connectivity index (χ1v) is 8.21. The number of hydrogen-bond donors (Lipinski definition) is 1. The monoisotopic (exact) mass is 273 g/mol. The Kier molecular flexibility index (Phi) is 4.42. The van der Waals surface area contributed by atoms with Crippen LogP contribution in [0, 0.1) is 0 Å². The Morgan fingerprint density at radius 1 is 1.20 bits per heavy atom. The van der Waals surface area contributed by atoms with E-state index in [1.165, 1.54) is 44.1 Å². The van der Waals surface area contributed by atoms with Crippen LogP contribution in [0.3, 0.4) is 0 Å². The van der Waals surface area contributed by atoms with Crippen molar-refractivity contribution in [1.29, 1.82) is 0 Å². The Bertz CT molecular complexity index is 411. The normalized spacial score (nSPS) is 26.1. The van der Waals surface area contributed by atoms with Crippen LogP contribution in [-0.2, 0) is 11.2 Å². The van der Waals surface area contributed by atoms with E-state index >= 15 is 0 Å². The highest BCUT2D eigenvalue weighted by molar-refractivity contribution is 5.15. The molecular formula is C18H27NO. The summed E-state index contributed by atoms with van der Waals surface area (Å²) in [5, 5.41) is 3.65. The molecule has 2 unspecified atom stereocenters. The Morgan fingerprint density at radius 3 is 2.70 bits per heavy atom. The van der Waals surface area contributed by atoms with Crippen molar-refractivity contribution in [2.45, 2.75) is 69.6 Å². The van der Waals surface area contributed by atoms with Gasteiger partial charge in [0.15, 0.2) is 0 Å². The molecule has 1 aliphatic heterocycles. The zero-order valence-electron chi connectivity index (χ0n) is 12.6. The van der Waals surface area contributed by atoms with Crippen LogP contribution in [0.5, 0.6) is 0 Å². The van der Waals surface area contributed by atoms with Crippen molar-refractivity contribution in [2.75, 3.05) is 6.54 Å². The van der Waals surface area contributed by atoms with Crippen LogP contribution in [0.1, 0.15) is 51.0 Å². The molecule has 2 heteroatoms. The molecular weight excluding hydrogens is 246 g/mol. The molecule has 3 rings (SSSR count). The zero-order chi connectivity index (χ0) is 13.8. The van der Waals surface area contributed by atoms with Gasteiger partial charge in [-0.25, -0.2) is 0 Å². The first-order chi connectivity index (χ1) is 9.76. The SMILES string of the molecule is CC(Cc1ccccc1)NCC1CCC2(CCCC2)O1. The quantitative estimate of drug-likeness (QED) is 0.883. The summed E-state index contributed by atoms with van der Waals surface area (Å²) in [6, 6.07) is 11.2. The second kappa shape index (κ2) is 6.28. The Morgan fingerprint density at radius 2 is 1.95 bits per heavy atom. The van der Waals surface area contributed by atoms with Gasteiger partial charge in [0.05, 0.1) is 11.7 Å². The largest absolute Gasteiger partial charge is 0.370 e. The fourth-order valence-corrected chi connectivity index (χ4v) is 3.80. The van der Waals surface area contributed by atoms with Gasteiger partial charge in [-0.05, 0) is 44.6 Å². The Labute approximate surface area is 122 Å². The van der Waals surface area contributed by atoms with E-state index in [0.717, 1.165) is 13.0 Å². The molecule has 0 aromatic heterocycles. The second-order valence-electron chi connectivity index (χ2n) is 6.67. The van der Waals surface area contributed by atoms with Gasteiger partial charge < -0.3 is 10.1 Å². The molecule has 0 radical (unpaired) electrons. The van der Waals surface area contributed by atoms with Crippen LogP contribution < -0.4 is 5.32 Å². The fourth-order valence-electron chi connectivity index (χ4n) is 3.80. The molecule has 0 bridgehead atoms. The van der Waals surface area contributed by atoms with E-state index in [1.54, 1.807) is 0 Å². The van der Waals surface area contributed by atoms with E-state index in [9.17, 15) is 0 Å². The fraction of sp³-hybridized carbons (Fsp3) is 0.667. The smallest absolute Gasteiger partial charge is 0.0708 e. The third kappa shape index (κ3) is 3.42. The van der Waals surface area contributed by atoms with Crippen LogP contribution in [-0.4, -0.2) is 24.3 Å². The lowest BCUT2D eigenvalue weighted by Crippen LogP contribution is -2.36. The summed E-state index contributed by atoms with van der Waals surface area (Å²) in [4.78, 5) is 0. The molecule has 1 saturated heterocycles. The van der Waals surface area contributed by atoms with Crippen LogP contribution >= 0.6 is 0 Å². The predicted molar refractivity (Wildman–Crippen MR) is 82.9 cm³/mol. The lowest BCUT2D eigenvalue weighted by atomic mass is 9.98. The van der Waals surface area contributed by atoms with Crippen molar-refractivity contribution in [2.24, 2.45) is 0 Å². The van der Waals surface area contributed by atoms with Crippen LogP contribution in [0.2, 0.25) is 0 Å². The summed E-state index contributed by atoms with van der Waals surface area (Å²) in [7, 11) is 0. The van der Waals surface area contributed by atoms with Crippen molar-refractivity contribution in [3.8, 4) is 0 Å². The minimum Gasteiger partial charge on any atom is -0.370 e. The third-order valence-electron chi connectivity index (χ3n) is 4.93. The van der Waals surface area contributed by atoms with Crippen LogP contribution in [0.15, 0.2) is 30.3 Å². The van der Waals surface area contributed by atoms with E-state index in [2.05, 4.69) is 42.6 Å². The lowest BCUT2D eigenvalue weighted by Gasteiger charge is -2.24. The number of benzene rings is 1. The third-order valence-corrected chi connectivity index (χ3v) is 4.93. The maximum atomic E-state index is 6.35. The molecule has 2 atom stereocenters. The molecule has 0 amide bonds. The maximum absolute atomic E-state index is 6.35. The van der Waals surface area contributed by atoms with Crippen molar-refractivity contribution < 1.29 is 4.74 Å². The van der Waals surface area contributed by atoms with E-state index in [-0.39, 0.29) is 5.60 Å². The first kappa shape index (κ1) is 14.1. The minimum absolute atomic E-state index is 0.273. The van der Waals surface area contributed by atoms with E-state index in [0.29, 0.717) is 12.1 Å². The van der Waals surface area contributed by atoms with E-state index in [1.807, 2.05) is 0 Å². The number of nitrogens with one attached hydrogen (secondary N) is 1. The van der Waals surface area contributed by atoms with Gasteiger partial charge in [-0.3, -0.25) is 0 Å². The highest BCUT2D eigenvalue weighted by Gasteiger charge is 2.41. The molecule has 2 fully saturated rings. The summed E-state index contributed by atoms with van der Waals surface area (Å²) < 4.78 is 6.35. The minimum atomic E-state index is 0.273. The van der Waals surface area contributed by atoms with Crippen molar-refractivity contribution in [3.05, 3.63) is 35.9 Å². The topological polar surface area (TPSA) is 21.3 Å². The van der Waals surface area contributed by atoms with Gasteiger partial charge in [-0.1, -0.05) is 43.2 Å². The summed E-state index contributed by atoms with van der Waals surface area (Å²) >= 11 is 0. The molecule has 1 aliphatic carbocycles. The van der Waals surface area contributed by atoms with Gasteiger partial charge in [0.25, 0.3) is 0 Å². The van der Waals surface area contributed by atoms with Crippen LogP contribution in [0.25, 0.3) is 0 Å². The second-order valence-corrected chi connectivity index (χ2v) is 6.67. The maximum Gasteiger partial charge on any atom is 0.0708 e. The standard InChI is InChI=1S/C18H27NO/c1-15(13-16-7-3-2-4-8-16)19-14-17-9-12-18(20-17)10-5-6-11-18/h2-4,7-8,15,17,19H,5-6,9-14H2,1H3. The molecule has 1 heterocycles. The van der Waals surface area contributed by atoms with Gasteiger partial charge in [0.1, 0.15) is 0 Å². The molecule has 2 aliphatic rings. The predicted octanol–water partition coefficient (Wildman–Crippen LogP) is 3.70. The van der Waals surface area contributed by atoms with Crippen molar-refractivity contribution >= 4 is 0 Å². The molecule has 110 valence electrons. The molecule has 1 saturated carbocycles. The Balaban J connectivity index is 1.41. The first-order valence-electron chi connectivity index (χ1n) is 8.21. The highest BCUT2D eigenvalue weighted by atomic mass is 16.5. The van der Waals surface area contributed by atoms with Gasteiger partial charge in [0.2, 0.25) is 0 Å². The number of rotatable bonds is 5. The van der Waals surface area contributed by atoms with Crippen molar-refractivity contribution in [1.82, 2.24) is 5.32 Å². The van der Waals surface area contributed by atoms with E-state index in [4.69, 9.17) is 4.74 Å². The molecule has 1 aromatic rings. The summed E-state index contributed by atoms with van der Waals surface area (Å²) in [5.41, 5.74) is 1.68. The summed E-state index contributed by atoms with van der Waals surface area (Å²) in [6.07, 6.45) is 9.38. The van der Waals surface area contributed by atoms with Crippen molar-refractivity contribution in [3.63, 3.8) is 0 Å². The van der Waals surface area contributed by atoms with Gasteiger partial charge in [-0.15, -0.1) is 0 Å². The average Bonchev–Trinajstić information content (AvgIpc) is 3.08. The van der Waals surface area contributed by atoms with Gasteiger partial charge in [0, 0.05) is 12.6 Å². The van der Waals surface area contributed by atoms with Crippen LogP contribution in [0.4, 0.5) is 0 Å². The molecule has 2 nitrogen and oxygen atoms in total. The summed E-state index contributed by atoms with van der Waals surface area (Å²) in [5.74, 6) is 0. The molecule has 20 heavy (non-hydrogen) atoms. The zero-order valence-corrected chi connectivity index (χ0v) is 12.6. The van der Waals surface area contributed by atoms with Gasteiger partial charge >= 0.3 is 0 Å². The highest BCUT2D eigenvalue weighted by Crippen LogP contribution is 2.43. The van der Waals surface area contributed by atoms with E-state index < -0.39 is 0 Å². The number of hydrogen-bond acceptors (Lipinski definition) is 2. The lowest BCUT2D eigenvalue weighted by molar-refractivity contribution is -0.0357. The van der Waals surface area contributed by atoms with Gasteiger partial charge in [-0.2, -0.15) is 0 Å².